The summed E-state index contributed by atoms with van der Waals surface area (Å²) in [6, 6.07) is 9.85. The third-order valence-corrected chi connectivity index (χ3v) is 5.38. The first kappa shape index (κ1) is 18.6. The summed E-state index contributed by atoms with van der Waals surface area (Å²) in [4.78, 5) is 26.2. The number of ether oxygens (including phenoxy) is 1. The van der Waals surface area contributed by atoms with E-state index in [0.717, 1.165) is 16.7 Å². The van der Waals surface area contributed by atoms with E-state index in [4.69, 9.17) is 27.9 Å². The van der Waals surface area contributed by atoms with E-state index >= 15 is 0 Å². The summed E-state index contributed by atoms with van der Waals surface area (Å²) in [5.41, 5.74) is 1.08. The van der Waals surface area contributed by atoms with Gasteiger partial charge < -0.3 is 9.84 Å². The van der Waals surface area contributed by atoms with Crippen LogP contribution < -0.4 is 4.74 Å². The summed E-state index contributed by atoms with van der Waals surface area (Å²) in [5, 5.41) is 10.5. The monoisotopic (exact) mass is 409 g/mol. The van der Waals surface area contributed by atoms with Gasteiger partial charge in [-0.1, -0.05) is 41.4 Å². The number of para-hydroxylation sites is 1. The maximum absolute atomic E-state index is 12.6. The molecule has 0 atom stereocenters. The number of amides is 2. The molecule has 26 heavy (non-hydrogen) atoms. The van der Waals surface area contributed by atoms with Gasteiger partial charge in [-0.25, -0.2) is 0 Å². The van der Waals surface area contributed by atoms with Crippen LogP contribution in [-0.2, 0) is 11.3 Å². The highest BCUT2D eigenvalue weighted by Crippen LogP contribution is 2.37. The van der Waals surface area contributed by atoms with E-state index in [1.54, 1.807) is 36.4 Å². The van der Waals surface area contributed by atoms with Crippen LogP contribution in [0.1, 0.15) is 11.1 Å². The Balaban J connectivity index is 1.86. The Kier molecular flexibility index (Phi) is 5.46. The molecule has 0 radical (unpaired) electrons. The average molecular weight is 410 g/mol. The lowest BCUT2D eigenvalue weighted by atomic mass is 10.1. The Labute approximate surface area is 164 Å². The lowest BCUT2D eigenvalue weighted by Gasteiger charge is -2.13. The second kappa shape index (κ2) is 7.61. The second-order valence-electron chi connectivity index (χ2n) is 5.41. The minimum Gasteiger partial charge on any atom is -0.504 e. The Morgan fingerprint density at radius 3 is 2.65 bits per heavy atom. The molecule has 2 aromatic rings. The Hall–Kier alpha value is -2.15. The lowest BCUT2D eigenvalue weighted by Crippen LogP contribution is -2.27. The molecule has 1 heterocycles. The molecule has 1 fully saturated rings. The number of imide groups is 1. The molecule has 0 saturated carbocycles. The van der Waals surface area contributed by atoms with E-state index in [2.05, 4.69) is 0 Å². The summed E-state index contributed by atoms with van der Waals surface area (Å²) in [6.07, 6.45) is 1.47. The summed E-state index contributed by atoms with van der Waals surface area (Å²) in [7, 11) is 1.43. The number of hydrogen-bond donors (Lipinski definition) is 1. The van der Waals surface area contributed by atoms with E-state index in [0.29, 0.717) is 21.2 Å². The van der Waals surface area contributed by atoms with Gasteiger partial charge in [-0.05, 0) is 41.6 Å². The fraction of sp³-hybridized carbons (Fsp3) is 0.111. The molecule has 3 rings (SSSR count). The molecule has 0 bridgehead atoms. The van der Waals surface area contributed by atoms with Crippen molar-refractivity contribution in [3.05, 3.63) is 62.5 Å². The lowest BCUT2D eigenvalue weighted by molar-refractivity contribution is -0.123. The van der Waals surface area contributed by atoms with Crippen molar-refractivity contribution in [2.75, 3.05) is 7.11 Å². The maximum Gasteiger partial charge on any atom is 0.293 e. The number of halogens is 2. The van der Waals surface area contributed by atoms with Gasteiger partial charge in [-0.15, -0.1) is 0 Å². The topological polar surface area (TPSA) is 66.8 Å². The molecule has 1 aliphatic rings. The van der Waals surface area contributed by atoms with Crippen molar-refractivity contribution < 1.29 is 19.4 Å². The van der Waals surface area contributed by atoms with Gasteiger partial charge >= 0.3 is 0 Å². The number of benzene rings is 2. The summed E-state index contributed by atoms with van der Waals surface area (Å²) < 4.78 is 5.05. The van der Waals surface area contributed by atoms with E-state index in [1.807, 2.05) is 0 Å². The summed E-state index contributed by atoms with van der Waals surface area (Å²) in [6.45, 7) is 0.0863. The van der Waals surface area contributed by atoms with Crippen LogP contribution >= 0.6 is 35.0 Å². The highest BCUT2D eigenvalue weighted by Gasteiger charge is 2.35. The van der Waals surface area contributed by atoms with E-state index in [1.165, 1.54) is 13.2 Å². The SMILES string of the molecule is COc1cccc(/C=C2\SC(=O)N(Cc3ccc(Cl)c(Cl)c3)C2=O)c1O. The standard InChI is InChI=1S/C18H13Cl2NO4S/c1-25-14-4-2-3-11(16(14)22)8-15-17(23)21(18(24)26-15)9-10-5-6-12(19)13(20)7-10/h2-8,22H,9H2,1H3/b15-8-. The summed E-state index contributed by atoms with van der Waals surface area (Å²) in [5.74, 6) is -0.242. The quantitative estimate of drug-likeness (QED) is 0.723. The van der Waals surface area contributed by atoms with Gasteiger partial charge in [0.25, 0.3) is 11.1 Å². The molecule has 2 aromatic carbocycles. The maximum atomic E-state index is 12.6. The zero-order valence-electron chi connectivity index (χ0n) is 13.5. The van der Waals surface area contributed by atoms with Gasteiger partial charge in [0.2, 0.25) is 0 Å². The third kappa shape index (κ3) is 3.67. The number of aromatic hydroxyl groups is 1. The number of phenolic OH excluding ortho intramolecular Hbond substituents is 1. The van der Waals surface area contributed by atoms with Gasteiger partial charge in [-0.2, -0.15) is 0 Å². The number of nitrogens with zero attached hydrogens (tertiary/aromatic N) is 1. The van der Waals surface area contributed by atoms with Crippen LogP contribution in [0.4, 0.5) is 4.79 Å². The molecule has 0 aromatic heterocycles. The Morgan fingerprint density at radius 1 is 1.19 bits per heavy atom. The van der Waals surface area contributed by atoms with Crippen molar-refractivity contribution in [1.82, 2.24) is 4.90 Å². The molecule has 2 amide bonds. The fourth-order valence-electron chi connectivity index (χ4n) is 2.42. The van der Waals surface area contributed by atoms with Crippen LogP contribution in [0, 0.1) is 0 Å². The highest BCUT2D eigenvalue weighted by molar-refractivity contribution is 8.18. The number of carbonyl (C=O) groups excluding carboxylic acids is 2. The average Bonchev–Trinajstić information content (AvgIpc) is 2.87. The van der Waals surface area contributed by atoms with Crippen LogP contribution in [0.3, 0.4) is 0 Å². The van der Waals surface area contributed by atoms with Gasteiger partial charge in [0, 0.05) is 5.56 Å². The first-order valence-corrected chi connectivity index (χ1v) is 9.03. The molecular formula is C18H13Cl2NO4S. The molecule has 0 spiro atoms. The zero-order valence-corrected chi connectivity index (χ0v) is 15.9. The van der Waals surface area contributed by atoms with Crippen LogP contribution in [0.2, 0.25) is 10.0 Å². The van der Waals surface area contributed by atoms with Gasteiger partial charge in [-0.3, -0.25) is 14.5 Å². The molecule has 8 heteroatoms. The largest absolute Gasteiger partial charge is 0.504 e. The van der Waals surface area contributed by atoms with E-state index < -0.39 is 11.1 Å². The van der Waals surface area contributed by atoms with Crippen molar-refractivity contribution >= 4 is 52.2 Å². The van der Waals surface area contributed by atoms with Crippen molar-refractivity contribution in [1.29, 1.82) is 0 Å². The number of phenols is 1. The van der Waals surface area contributed by atoms with Crippen molar-refractivity contribution in [2.24, 2.45) is 0 Å². The van der Waals surface area contributed by atoms with Gasteiger partial charge in [0.05, 0.1) is 28.6 Å². The van der Waals surface area contributed by atoms with E-state index in [9.17, 15) is 14.7 Å². The number of hydrogen-bond acceptors (Lipinski definition) is 5. The predicted molar refractivity (Wildman–Crippen MR) is 103 cm³/mol. The predicted octanol–water partition coefficient (Wildman–Crippen LogP) is 4.94. The zero-order chi connectivity index (χ0) is 18.8. The Bertz CT molecular complexity index is 929. The minimum absolute atomic E-state index is 0.0863. The van der Waals surface area contributed by atoms with Gasteiger partial charge in [0.1, 0.15) is 0 Å². The number of thioether (sulfide) groups is 1. The van der Waals surface area contributed by atoms with Crippen molar-refractivity contribution in [3.63, 3.8) is 0 Å². The van der Waals surface area contributed by atoms with Crippen molar-refractivity contribution in [2.45, 2.75) is 6.54 Å². The van der Waals surface area contributed by atoms with Crippen LogP contribution in [0.25, 0.3) is 6.08 Å². The third-order valence-electron chi connectivity index (χ3n) is 3.74. The van der Waals surface area contributed by atoms with Crippen LogP contribution in [-0.4, -0.2) is 28.3 Å². The fourth-order valence-corrected chi connectivity index (χ4v) is 3.57. The van der Waals surface area contributed by atoms with E-state index in [-0.39, 0.29) is 22.9 Å². The number of carbonyl (C=O) groups is 2. The van der Waals surface area contributed by atoms with Crippen molar-refractivity contribution in [3.8, 4) is 11.5 Å². The molecule has 1 N–H and O–H groups in total. The molecule has 134 valence electrons. The number of methoxy groups -OCH3 is 1. The smallest absolute Gasteiger partial charge is 0.293 e. The van der Waals surface area contributed by atoms with Gasteiger partial charge in [0.15, 0.2) is 11.5 Å². The Morgan fingerprint density at radius 2 is 1.96 bits per heavy atom. The normalized spacial score (nSPS) is 15.8. The molecule has 5 nitrogen and oxygen atoms in total. The molecule has 0 aliphatic carbocycles. The van der Waals surface area contributed by atoms with Crippen LogP contribution in [0.5, 0.6) is 11.5 Å². The van der Waals surface area contributed by atoms with Crippen LogP contribution in [0.15, 0.2) is 41.3 Å². The molecular weight excluding hydrogens is 397 g/mol. The highest BCUT2D eigenvalue weighted by atomic mass is 35.5. The minimum atomic E-state index is -0.437. The summed E-state index contributed by atoms with van der Waals surface area (Å²) >= 11 is 12.7. The number of rotatable bonds is 4. The molecule has 0 unspecified atom stereocenters. The molecule has 1 saturated heterocycles. The first-order chi connectivity index (χ1) is 12.4. The first-order valence-electron chi connectivity index (χ1n) is 7.46. The molecule has 1 aliphatic heterocycles. The second-order valence-corrected chi connectivity index (χ2v) is 7.22.